The highest BCUT2D eigenvalue weighted by Crippen LogP contribution is 2.39. The lowest BCUT2D eigenvalue weighted by molar-refractivity contribution is -0.377. The molecule has 9 nitrogen and oxygen atoms in total. The van der Waals surface area contributed by atoms with E-state index in [0.717, 1.165) is 70.8 Å². The molecule has 13 heteroatoms. The molecule has 49 heavy (non-hydrogen) atoms. The molecule has 1 atom stereocenters. The van der Waals surface area contributed by atoms with Crippen LogP contribution < -0.4 is 24.1 Å². The van der Waals surface area contributed by atoms with E-state index in [4.69, 9.17) is 46.9 Å². The van der Waals surface area contributed by atoms with Crippen LogP contribution in [0.2, 0.25) is 10.0 Å². The van der Waals surface area contributed by atoms with Gasteiger partial charge >= 0.3 is 12.6 Å². The summed E-state index contributed by atoms with van der Waals surface area (Å²) in [5, 5.41) is 0.712. The minimum atomic E-state index is -3.03. The molecule has 2 aromatic carbocycles. The molecule has 1 saturated heterocycles. The van der Waals surface area contributed by atoms with Gasteiger partial charge in [0.25, 0.3) is 0 Å². The first-order valence-corrected chi connectivity index (χ1v) is 17.5. The summed E-state index contributed by atoms with van der Waals surface area (Å²) in [4.78, 5) is 21.4. The number of aromatic amines is 1. The summed E-state index contributed by atoms with van der Waals surface area (Å²) in [6.07, 6.45) is 6.58. The fraction of sp³-hybridized carbons (Fsp3) is 0.500. The molecule has 0 amide bonds. The van der Waals surface area contributed by atoms with Crippen molar-refractivity contribution in [2.24, 2.45) is 11.8 Å². The highest BCUT2D eigenvalue weighted by molar-refractivity contribution is 6.35. The maximum absolute atomic E-state index is 14.0. The van der Waals surface area contributed by atoms with Gasteiger partial charge in [0.1, 0.15) is 27.5 Å². The molecule has 2 saturated carbocycles. The molecule has 3 aliphatic rings. The van der Waals surface area contributed by atoms with Crippen LogP contribution in [0.25, 0.3) is 0 Å². The van der Waals surface area contributed by atoms with Crippen molar-refractivity contribution in [2.75, 3.05) is 64.6 Å². The van der Waals surface area contributed by atoms with Crippen LogP contribution in [0, 0.1) is 11.8 Å². The van der Waals surface area contributed by atoms with Gasteiger partial charge in [-0.05, 0) is 67.3 Å². The lowest BCUT2D eigenvalue weighted by Gasteiger charge is -2.29. The zero-order valence-corrected chi connectivity index (χ0v) is 29.0. The van der Waals surface area contributed by atoms with Crippen molar-refractivity contribution in [1.29, 1.82) is 0 Å². The molecule has 0 spiro atoms. The SMILES string of the molecule is CN(CCN1CCOCC1)c1ccc(C(=O)O[C@@H](Cc2c(Cl)c[nH+]cc2Cl)c2ccc(OC(F)F)c(OCC3CC3)c2)c(OCC2CC2)c1. The average Bonchev–Trinajstić information content (AvgIpc) is 4.03. The second-order valence-corrected chi connectivity index (χ2v) is 13.7. The number of pyridine rings is 1. The van der Waals surface area contributed by atoms with Gasteiger partial charge in [-0.2, -0.15) is 8.78 Å². The summed E-state index contributed by atoms with van der Waals surface area (Å²) in [5.41, 5.74) is 2.24. The van der Waals surface area contributed by atoms with E-state index in [1.165, 1.54) is 6.07 Å². The monoisotopic (exact) mass is 720 g/mol. The Morgan fingerprint density at radius 2 is 1.63 bits per heavy atom. The third-order valence-corrected chi connectivity index (χ3v) is 9.69. The van der Waals surface area contributed by atoms with Gasteiger partial charge in [-0.1, -0.05) is 29.3 Å². The van der Waals surface area contributed by atoms with Crippen LogP contribution in [0.3, 0.4) is 0 Å². The number of benzene rings is 2. The number of morpholine rings is 1. The van der Waals surface area contributed by atoms with E-state index in [1.54, 1.807) is 30.6 Å². The van der Waals surface area contributed by atoms with Crippen LogP contribution in [0.15, 0.2) is 48.8 Å². The van der Waals surface area contributed by atoms with Crippen molar-refractivity contribution >= 4 is 34.9 Å². The molecule has 1 N–H and O–H groups in total. The summed E-state index contributed by atoms with van der Waals surface area (Å²) in [7, 11) is 2.02. The Balaban J connectivity index is 1.27. The third kappa shape index (κ3) is 10.1. The zero-order valence-electron chi connectivity index (χ0n) is 27.5. The van der Waals surface area contributed by atoms with Crippen molar-refractivity contribution in [3.63, 3.8) is 0 Å². The number of halogens is 4. The van der Waals surface area contributed by atoms with E-state index in [0.29, 0.717) is 52.0 Å². The quantitative estimate of drug-likeness (QED) is 0.139. The molecule has 2 aliphatic carbocycles. The number of carbonyl (C=O) groups excluding carboxylic acids is 1. The van der Waals surface area contributed by atoms with Crippen LogP contribution in [0.5, 0.6) is 17.2 Å². The Labute approximate surface area is 295 Å². The number of hydrogen-bond acceptors (Lipinski definition) is 8. The molecule has 1 aromatic heterocycles. The summed E-state index contributed by atoms with van der Waals surface area (Å²) in [6, 6.07) is 10.0. The van der Waals surface area contributed by atoms with Crippen molar-refractivity contribution < 1.29 is 42.2 Å². The van der Waals surface area contributed by atoms with Crippen LogP contribution in [0.1, 0.15) is 53.3 Å². The normalized spacial score (nSPS) is 17.1. The number of nitrogens with zero attached hydrogens (tertiary/aromatic N) is 2. The van der Waals surface area contributed by atoms with E-state index in [9.17, 15) is 13.6 Å². The molecule has 0 radical (unpaired) electrons. The Hall–Kier alpha value is -3.38. The number of hydrogen-bond donors (Lipinski definition) is 0. The third-order valence-electron chi connectivity index (χ3n) is 9.02. The molecule has 264 valence electrons. The predicted molar refractivity (Wildman–Crippen MR) is 181 cm³/mol. The van der Waals surface area contributed by atoms with Gasteiger partial charge in [0.05, 0.1) is 26.4 Å². The zero-order chi connectivity index (χ0) is 34.3. The minimum absolute atomic E-state index is 0.0982. The summed E-state index contributed by atoms with van der Waals surface area (Å²) in [6.45, 7) is 2.82. The van der Waals surface area contributed by atoms with Gasteiger partial charge in [-0.25, -0.2) is 9.78 Å². The molecule has 2 heterocycles. The molecule has 1 aliphatic heterocycles. The number of likely N-dealkylation sites (N-methyl/N-ethyl adjacent to an activating group) is 1. The number of H-pyrrole nitrogens is 1. The van der Waals surface area contributed by atoms with Crippen molar-refractivity contribution in [3.05, 3.63) is 75.5 Å². The van der Waals surface area contributed by atoms with Gasteiger partial charge in [-0.15, -0.1) is 0 Å². The van der Waals surface area contributed by atoms with Crippen LogP contribution in [0.4, 0.5) is 14.5 Å². The number of alkyl halides is 2. The van der Waals surface area contributed by atoms with E-state index in [-0.39, 0.29) is 23.5 Å². The predicted octanol–water partition coefficient (Wildman–Crippen LogP) is 6.90. The summed E-state index contributed by atoms with van der Waals surface area (Å²) >= 11 is 13.1. The van der Waals surface area contributed by atoms with Gasteiger partial charge in [-0.3, -0.25) is 4.90 Å². The van der Waals surface area contributed by atoms with Gasteiger partial charge in [0, 0.05) is 57.0 Å². The van der Waals surface area contributed by atoms with Gasteiger partial charge in [0.2, 0.25) is 0 Å². The Bertz CT molecular complexity index is 1570. The van der Waals surface area contributed by atoms with Crippen LogP contribution in [-0.2, 0) is 15.9 Å². The second kappa shape index (κ2) is 16.6. The lowest BCUT2D eigenvalue weighted by atomic mass is 10.0. The topological polar surface area (TPSA) is 83.8 Å². The number of esters is 1. The van der Waals surface area contributed by atoms with E-state index in [2.05, 4.69) is 14.8 Å². The average molecular weight is 722 g/mol. The van der Waals surface area contributed by atoms with Crippen molar-refractivity contribution in [3.8, 4) is 17.2 Å². The van der Waals surface area contributed by atoms with Crippen LogP contribution >= 0.6 is 23.2 Å². The first-order chi connectivity index (χ1) is 23.7. The van der Waals surface area contributed by atoms with E-state index >= 15 is 0 Å². The highest BCUT2D eigenvalue weighted by Gasteiger charge is 2.29. The molecule has 6 rings (SSSR count). The fourth-order valence-corrected chi connectivity index (χ4v) is 6.11. The van der Waals surface area contributed by atoms with E-state index < -0.39 is 18.7 Å². The maximum Gasteiger partial charge on any atom is 0.387 e. The van der Waals surface area contributed by atoms with Gasteiger partial charge in [0.15, 0.2) is 23.9 Å². The van der Waals surface area contributed by atoms with Crippen LogP contribution in [-0.4, -0.2) is 77.1 Å². The maximum atomic E-state index is 14.0. The number of rotatable bonds is 17. The number of carbonyl (C=O) groups is 1. The molecule has 3 aromatic rings. The van der Waals surface area contributed by atoms with E-state index in [1.807, 2.05) is 19.2 Å². The largest absolute Gasteiger partial charge is 0.492 e. The first kappa shape index (κ1) is 35.4. The molecular weight excluding hydrogens is 679 g/mol. The lowest BCUT2D eigenvalue weighted by Crippen LogP contribution is -2.40. The summed E-state index contributed by atoms with van der Waals surface area (Å²) < 4.78 is 55.1. The number of aromatic nitrogens is 1. The molecular formula is C36H42Cl2F2N3O6+. The first-order valence-electron chi connectivity index (χ1n) is 16.8. The summed E-state index contributed by atoms with van der Waals surface area (Å²) in [5.74, 6) is 0.695. The van der Waals surface area contributed by atoms with Crippen molar-refractivity contribution in [1.82, 2.24) is 4.90 Å². The number of anilines is 1. The van der Waals surface area contributed by atoms with Gasteiger partial charge < -0.3 is 28.6 Å². The molecule has 0 bridgehead atoms. The number of ether oxygens (including phenoxy) is 5. The number of nitrogens with one attached hydrogen (secondary N) is 1. The van der Waals surface area contributed by atoms with Crippen molar-refractivity contribution in [2.45, 2.75) is 44.8 Å². The smallest absolute Gasteiger partial charge is 0.387 e. The molecule has 0 unspecified atom stereocenters. The Morgan fingerprint density at radius 3 is 2.29 bits per heavy atom. The minimum Gasteiger partial charge on any atom is -0.492 e. The second-order valence-electron chi connectivity index (χ2n) is 12.9. The standard InChI is InChI=1S/C36H41Cl2F2N3O6/c1-42(10-11-43-12-14-45-15-13-43)26-7-8-27(33(17-26)46-21-23-2-3-23)35(44)48-32(18-28-29(37)19-41-20-30(28)38)25-6-9-31(49-36(39)40)34(16-25)47-22-24-4-5-24/h6-9,16-17,19-20,23-24,32,36H,2-5,10-15,18,21-22H2,1H3/p+1/t32-/m0/s1. The Morgan fingerprint density at radius 1 is 0.959 bits per heavy atom. The highest BCUT2D eigenvalue weighted by atomic mass is 35.5. The fourth-order valence-electron chi connectivity index (χ4n) is 5.57. The Kier molecular flexibility index (Phi) is 12.0. The molecule has 3 fully saturated rings.